The summed E-state index contributed by atoms with van der Waals surface area (Å²) in [5.41, 5.74) is 5.87. The fraction of sp³-hybridized carbons (Fsp3) is 0.500. The topological polar surface area (TPSA) is 55.1 Å². The van der Waals surface area contributed by atoms with Gasteiger partial charge in [-0.25, -0.2) is 4.39 Å². The Morgan fingerprint density at radius 2 is 2.28 bits per heavy atom. The molecule has 18 heavy (non-hydrogen) atoms. The lowest BCUT2D eigenvalue weighted by molar-refractivity contribution is 0.0947. The van der Waals surface area contributed by atoms with Gasteiger partial charge in [-0.3, -0.25) is 4.79 Å². The van der Waals surface area contributed by atoms with Crippen molar-refractivity contribution in [2.24, 2.45) is 11.8 Å². The molecule has 1 aliphatic carbocycles. The summed E-state index contributed by atoms with van der Waals surface area (Å²) in [6.45, 7) is 2.93. The lowest BCUT2D eigenvalue weighted by atomic mass is 10.1. The van der Waals surface area contributed by atoms with Gasteiger partial charge in [0.05, 0.1) is 5.69 Å². The SMILES string of the molecule is CC1CCC(CNC(=O)c2ccc(F)c(N)c2)C1. The number of benzene rings is 1. The summed E-state index contributed by atoms with van der Waals surface area (Å²) < 4.78 is 13.0. The van der Waals surface area contributed by atoms with Crippen molar-refractivity contribution in [2.45, 2.75) is 26.2 Å². The number of anilines is 1. The van der Waals surface area contributed by atoms with Crippen LogP contribution >= 0.6 is 0 Å². The summed E-state index contributed by atoms with van der Waals surface area (Å²) in [6, 6.07) is 4.06. The van der Waals surface area contributed by atoms with E-state index in [0.29, 0.717) is 18.0 Å². The maximum atomic E-state index is 13.0. The van der Waals surface area contributed by atoms with Crippen LogP contribution in [0, 0.1) is 17.7 Å². The predicted octanol–water partition coefficient (Wildman–Crippen LogP) is 2.57. The Morgan fingerprint density at radius 1 is 1.50 bits per heavy atom. The standard InChI is InChI=1S/C14H19FN2O/c1-9-2-3-10(6-9)8-17-14(18)11-4-5-12(15)13(16)7-11/h4-5,7,9-10H,2-3,6,8,16H2,1H3,(H,17,18). The van der Waals surface area contributed by atoms with E-state index in [4.69, 9.17) is 5.73 Å². The van der Waals surface area contributed by atoms with E-state index in [0.717, 1.165) is 5.92 Å². The Bertz CT molecular complexity index is 447. The molecule has 0 aliphatic heterocycles. The van der Waals surface area contributed by atoms with E-state index in [1.807, 2.05) is 0 Å². The van der Waals surface area contributed by atoms with Gasteiger partial charge in [-0.2, -0.15) is 0 Å². The Labute approximate surface area is 107 Å². The lowest BCUT2D eigenvalue weighted by Gasteiger charge is -2.11. The molecule has 1 saturated carbocycles. The third kappa shape index (κ3) is 3.00. The number of nitrogen functional groups attached to an aromatic ring is 1. The molecule has 3 N–H and O–H groups in total. The molecule has 4 heteroatoms. The number of carbonyl (C=O) groups excluding carboxylic acids is 1. The van der Waals surface area contributed by atoms with E-state index in [2.05, 4.69) is 12.2 Å². The highest BCUT2D eigenvalue weighted by molar-refractivity contribution is 5.95. The molecule has 1 aromatic rings. The molecule has 0 radical (unpaired) electrons. The van der Waals surface area contributed by atoms with E-state index in [1.165, 1.54) is 37.5 Å². The number of nitrogens with one attached hydrogen (secondary N) is 1. The van der Waals surface area contributed by atoms with Crippen molar-refractivity contribution in [2.75, 3.05) is 12.3 Å². The van der Waals surface area contributed by atoms with E-state index >= 15 is 0 Å². The molecule has 1 aromatic carbocycles. The van der Waals surface area contributed by atoms with Crippen molar-refractivity contribution in [1.82, 2.24) is 5.32 Å². The van der Waals surface area contributed by atoms with Gasteiger partial charge in [0.25, 0.3) is 5.91 Å². The molecule has 2 atom stereocenters. The van der Waals surface area contributed by atoms with Crippen LogP contribution in [0.1, 0.15) is 36.5 Å². The van der Waals surface area contributed by atoms with Crippen LogP contribution < -0.4 is 11.1 Å². The van der Waals surface area contributed by atoms with Crippen LogP contribution in [0.15, 0.2) is 18.2 Å². The summed E-state index contributed by atoms with van der Waals surface area (Å²) >= 11 is 0. The summed E-state index contributed by atoms with van der Waals surface area (Å²) in [4.78, 5) is 11.9. The van der Waals surface area contributed by atoms with Gasteiger partial charge >= 0.3 is 0 Å². The molecule has 0 saturated heterocycles. The molecule has 1 aliphatic rings. The second-order valence-corrected chi connectivity index (χ2v) is 5.23. The van der Waals surface area contributed by atoms with Crippen molar-refractivity contribution in [3.8, 4) is 0 Å². The van der Waals surface area contributed by atoms with Gasteiger partial charge < -0.3 is 11.1 Å². The number of halogens is 1. The Kier molecular flexibility index (Phi) is 3.84. The second kappa shape index (κ2) is 5.38. The van der Waals surface area contributed by atoms with Gasteiger partial charge in [-0.1, -0.05) is 13.3 Å². The number of amides is 1. The summed E-state index contributed by atoms with van der Waals surface area (Å²) in [5.74, 6) is 0.660. The van der Waals surface area contributed by atoms with E-state index in [9.17, 15) is 9.18 Å². The average Bonchev–Trinajstić information content (AvgIpc) is 2.75. The number of rotatable bonds is 3. The Morgan fingerprint density at radius 3 is 2.89 bits per heavy atom. The molecule has 98 valence electrons. The highest BCUT2D eigenvalue weighted by Crippen LogP contribution is 2.29. The van der Waals surface area contributed by atoms with Crippen LogP contribution in [0.2, 0.25) is 0 Å². The number of hydrogen-bond acceptors (Lipinski definition) is 2. The zero-order valence-corrected chi connectivity index (χ0v) is 10.6. The Hall–Kier alpha value is -1.58. The summed E-state index contributed by atoms with van der Waals surface area (Å²) in [5, 5.41) is 2.89. The first-order valence-electron chi connectivity index (χ1n) is 6.39. The average molecular weight is 250 g/mol. The van der Waals surface area contributed by atoms with Gasteiger partial charge in [0.2, 0.25) is 0 Å². The molecular formula is C14H19FN2O. The fourth-order valence-electron chi connectivity index (χ4n) is 2.53. The number of nitrogens with two attached hydrogens (primary N) is 1. The highest BCUT2D eigenvalue weighted by atomic mass is 19.1. The first-order valence-corrected chi connectivity index (χ1v) is 6.39. The number of carbonyl (C=O) groups is 1. The largest absolute Gasteiger partial charge is 0.396 e. The molecule has 2 unspecified atom stereocenters. The molecule has 3 nitrogen and oxygen atoms in total. The minimum absolute atomic E-state index is 0.0112. The molecule has 0 bridgehead atoms. The fourth-order valence-corrected chi connectivity index (χ4v) is 2.53. The van der Waals surface area contributed by atoms with Gasteiger partial charge in [0, 0.05) is 12.1 Å². The molecule has 2 rings (SSSR count). The van der Waals surface area contributed by atoms with E-state index in [1.54, 1.807) is 0 Å². The van der Waals surface area contributed by atoms with Gasteiger partial charge in [-0.05, 0) is 42.9 Å². The predicted molar refractivity (Wildman–Crippen MR) is 69.7 cm³/mol. The molecular weight excluding hydrogens is 231 g/mol. The smallest absolute Gasteiger partial charge is 0.251 e. The van der Waals surface area contributed by atoms with Crippen LogP contribution in [-0.2, 0) is 0 Å². The third-order valence-corrected chi connectivity index (χ3v) is 3.61. The maximum Gasteiger partial charge on any atom is 0.251 e. The van der Waals surface area contributed by atoms with Crippen LogP contribution in [0.3, 0.4) is 0 Å². The van der Waals surface area contributed by atoms with Crippen molar-refractivity contribution in [1.29, 1.82) is 0 Å². The minimum atomic E-state index is -0.490. The molecule has 1 amide bonds. The van der Waals surface area contributed by atoms with Crippen molar-refractivity contribution < 1.29 is 9.18 Å². The van der Waals surface area contributed by atoms with Crippen LogP contribution in [0.25, 0.3) is 0 Å². The van der Waals surface area contributed by atoms with Crippen LogP contribution in [-0.4, -0.2) is 12.5 Å². The molecule has 0 spiro atoms. The maximum absolute atomic E-state index is 13.0. The zero-order valence-electron chi connectivity index (χ0n) is 10.6. The van der Waals surface area contributed by atoms with Crippen LogP contribution in [0.4, 0.5) is 10.1 Å². The van der Waals surface area contributed by atoms with Gasteiger partial charge in [-0.15, -0.1) is 0 Å². The minimum Gasteiger partial charge on any atom is -0.396 e. The third-order valence-electron chi connectivity index (χ3n) is 3.61. The van der Waals surface area contributed by atoms with Gasteiger partial charge in [0.15, 0.2) is 0 Å². The monoisotopic (exact) mass is 250 g/mol. The summed E-state index contributed by atoms with van der Waals surface area (Å²) in [7, 11) is 0. The van der Waals surface area contributed by atoms with Crippen molar-refractivity contribution in [3.05, 3.63) is 29.6 Å². The van der Waals surface area contributed by atoms with Crippen molar-refractivity contribution >= 4 is 11.6 Å². The molecule has 0 aromatic heterocycles. The first-order chi connectivity index (χ1) is 8.56. The zero-order chi connectivity index (χ0) is 13.1. The highest BCUT2D eigenvalue weighted by Gasteiger charge is 2.21. The second-order valence-electron chi connectivity index (χ2n) is 5.23. The van der Waals surface area contributed by atoms with E-state index in [-0.39, 0.29) is 11.6 Å². The van der Waals surface area contributed by atoms with Crippen LogP contribution in [0.5, 0.6) is 0 Å². The lowest BCUT2D eigenvalue weighted by Crippen LogP contribution is -2.28. The number of hydrogen-bond donors (Lipinski definition) is 2. The quantitative estimate of drug-likeness (QED) is 0.810. The summed E-state index contributed by atoms with van der Waals surface area (Å²) in [6.07, 6.45) is 3.59. The van der Waals surface area contributed by atoms with Gasteiger partial charge in [0.1, 0.15) is 5.82 Å². The Balaban J connectivity index is 1.89. The first kappa shape index (κ1) is 12.9. The van der Waals surface area contributed by atoms with Crippen molar-refractivity contribution in [3.63, 3.8) is 0 Å². The molecule has 0 heterocycles. The normalized spacial score (nSPS) is 23.0. The molecule has 1 fully saturated rings. The van der Waals surface area contributed by atoms with E-state index < -0.39 is 5.82 Å².